The molecule has 0 saturated carbocycles. The van der Waals surface area contributed by atoms with Crippen LogP contribution >= 0.6 is 11.6 Å². The summed E-state index contributed by atoms with van der Waals surface area (Å²) < 4.78 is 61.2. The number of para-hydroxylation sites is 1. The highest BCUT2D eigenvalue weighted by atomic mass is 35.5. The molecule has 2 aliphatic heterocycles. The first kappa shape index (κ1) is 31.8. The van der Waals surface area contributed by atoms with Crippen LogP contribution in [0.25, 0.3) is 5.57 Å². The number of anilines is 1. The molecule has 0 fully saturated rings. The topological polar surface area (TPSA) is 63.5 Å². The Bertz CT molecular complexity index is 1700. The zero-order chi connectivity index (χ0) is 31.4. The third-order valence-electron chi connectivity index (χ3n) is 8.41. The molecule has 3 aliphatic rings. The molecule has 0 saturated heterocycles. The van der Waals surface area contributed by atoms with Crippen LogP contribution in [0.2, 0.25) is 0 Å². The van der Waals surface area contributed by atoms with Gasteiger partial charge in [-0.25, -0.2) is 8.42 Å². The normalized spacial score (nSPS) is 21.1. The summed E-state index contributed by atoms with van der Waals surface area (Å²) in [5.41, 5.74) is 5.76. The van der Waals surface area contributed by atoms with Crippen molar-refractivity contribution >= 4 is 44.4 Å². The van der Waals surface area contributed by atoms with Crippen LogP contribution < -0.4 is 4.90 Å². The van der Waals surface area contributed by atoms with Gasteiger partial charge in [-0.2, -0.15) is 17.7 Å². The Morgan fingerprint density at radius 2 is 1.64 bits per heavy atom. The van der Waals surface area contributed by atoms with Crippen LogP contribution in [0.4, 0.5) is 24.5 Å². The molecule has 2 heterocycles. The van der Waals surface area contributed by atoms with Crippen LogP contribution in [0.15, 0.2) is 83.6 Å². The Hall–Kier alpha value is -3.14. The van der Waals surface area contributed by atoms with Crippen LogP contribution in [-0.2, 0) is 20.9 Å². The van der Waals surface area contributed by atoms with Gasteiger partial charge in [0, 0.05) is 40.5 Å². The number of fused-ring (bicyclic) bond motifs is 2. The zero-order valence-electron chi connectivity index (χ0n) is 24.4. The standard InChI is InChI=1S/C31H34ClN2.CHF3O3S/c1-8-26-31(4,5)28-21(12-11-15-25(28)34(26)7)22-18-16-20(29(22)32)17-19-27-30(2,3)23-13-9-10-14-24(23)33(27)6;2-1(3,4)8(5,6)7/h8-15,17,19H,1,16,18H2,2-7H3;(H,5,6,7)/q+1;/p-1. The van der Waals surface area contributed by atoms with E-state index in [1.54, 1.807) is 0 Å². The summed E-state index contributed by atoms with van der Waals surface area (Å²) >= 11 is 7.09. The Kier molecular flexibility index (Phi) is 8.21. The van der Waals surface area contributed by atoms with E-state index >= 15 is 0 Å². The van der Waals surface area contributed by atoms with Crippen molar-refractivity contribution in [3.8, 4) is 0 Å². The molecule has 2 aromatic rings. The molecule has 5 nitrogen and oxygen atoms in total. The van der Waals surface area contributed by atoms with Crippen molar-refractivity contribution in [1.29, 1.82) is 0 Å². The largest absolute Gasteiger partial charge is 0.741 e. The van der Waals surface area contributed by atoms with E-state index in [9.17, 15) is 13.2 Å². The summed E-state index contributed by atoms with van der Waals surface area (Å²) in [5.74, 6) is 0. The second-order valence-electron chi connectivity index (χ2n) is 11.6. The summed E-state index contributed by atoms with van der Waals surface area (Å²) in [6, 6.07) is 15.3. The Morgan fingerprint density at radius 1 is 1.02 bits per heavy atom. The van der Waals surface area contributed by atoms with Crippen LogP contribution in [0.1, 0.15) is 57.2 Å². The lowest BCUT2D eigenvalue weighted by Crippen LogP contribution is -2.27. The van der Waals surface area contributed by atoms with Gasteiger partial charge in [0.15, 0.2) is 15.8 Å². The molecule has 5 rings (SSSR count). The van der Waals surface area contributed by atoms with Crippen molar-refractivity contribution in [3.63, 3.8) is 0 Å². The lowest BCUT2D eigenvalue weighted by molar-refractivity contribution is -0.401. The number of hydrogen-bond donors (Lipinski definition) is 0. The van der Waals surface area contributed by atoms with Crippen molar-refractivity contribution in [3.05, 3.63) is 100 Å². The highest BCUT2D eigenvalue weighted by Crippen LogP contribution is 2.49. The van der Waals surface area contributed by atoms with E-state index < -0.39 is 15.6 Å². The van der Waals surface area contributed by atoms with Crippen LogP contribution in [0, 0.1) is 0 Å². The van der Waals surface area contributed by atoms with Gasteiger partial charge >= 0.3 is 5.51 Å². The number of alkyl halides is 3. The number of nitrogens with zero attached hydrogens (tertiary/aromatic N) is 2. The maximum Gasteiger partial charge on any atom is 0.485 e. The number of allylic oxidation sites excluding steroid dienone is 7. The maximum absolute atomic E-state index is 10.7. The van der Waals surface area contributed by atoms with Gasteiger partial charge in [0.25, 0.3) is 0 Å². The van der Waals surface area contributed by atoms with Crippen molar-refractivity contribution in [2.75, 3.05) is 19.0 Å². The first-order valence-corrected chi connectivity index (χ1v) is 15.2. The van der Waals surface area contributed by atoms with Crippen molar-refractivity contribution in [2.24, 2.45) is 0 Å². The molecule has 42 heavy (non-hydrogen) atoms. The lowest BCUT2D eigenvalue weighted by Gasteiger charge is -2.23. The van der Waals surface area contributed by atoms with E-state index in [2.05, 4.69) is 112 Å². The number of hydrogen-bond acceptors (Lipinski definition) is 4. The molecule has 0 aromatic heterocycles. The van der Waals surface area contributed by atoms with E-state index in [1.807, 2.05) is 6.08 Å². The minimum Gasteiger partial charge on any atom is -0.741 e. The van der Waals surface area contributed by atoms with Crippen molar-refractivity contribution < 1.29 is 30.7 Å². The van der Waals surface area contributed by atoms with Crippen LogP contribution in [-0.4, -0.2) is 42.9 Å². The summed E-state index contributed by atoms with van der Waals surface area (Å²) in [7, 11) is -1.80. The van der Waals surface area contributed by atoms with E-state index in [-0.39, 0.29) is 10.8 Å². The molecule has 0 radical (unpaired) electrons. The minimum atomic E-state index is -6.09. The van der Waals surface area contributed by atoms with Gasteiger partial charge in [-0.05, 0) is 67.2 Å². The molecule has 0 amide bonds. The van der Waals surface area contributed by atoms with Gasteiger partial charge in [0.2, 0.25) is 5.69 Å². The van der Waals surface area contributed by atoms with E-state index in [4.69, 9.17) is 24.6 Å². The molecule has 0 bridgehead atoms. The smallest absolute Gasteiger partial charge is 0.485 e. The Morgan fingerprint density at radius 3 is 2.21 bits per heavy atom. The van der Waals surface area contributed by atoms with Gasteiger partial charge in [-0.1, -0.05) is 68.4 Å². The Labute approximate surface area is 250 Å². The van der Waals surface area contributed by atoms with Gasteiger partial charge in [-0.3, -0.25) is 0 Å². The fraction of sp³-hybridized carbons (Fsp3) is 0.344. The molecule has 224 valence electrons. The summed E-state index contributed by atoms with van der Waals surface area (Å²) in [6.45, 7) is 13.3. The highest BCUT2D eigenvalue weighted by molar-refractivity contribution is 7.86. The summed E-state index contributed by atoms with van der Waals surface area (Å²) in [5, 5.41) is 0.909. The zero-order valence-corrected chi connectivity index (χ0v) is 26.0. The molecule has 0 unspecified atom stereocenters. The lowest BCUT2D eigenvalue weighted by atomic mass is 9.77. The first-order valence-electron chi connectivity index (χ1n) is 13.4. The number of likely N-dealkylation sites (N-methyl/N-ethyl adjacent to an activating group) is 1. The molecular formula is C32H34ClF3N2O3S. The number of benzene rings is 2. The van der Waals surface area contributed by atoms with Gasteiger partial charge in [0.1, 0.15) is 7.05 Å². The summed E-state index contributed by atoms with van der Waals surface area (Å²) in [4.78, 5) is 2.31. The molecule has 0 spiro atoms. The predicted molar refractivity (Wildman–Crippen MR) is 162 cm³/mol. The number of rotatable bonds is 3. The second-order valence-corrected chi connectivity index (χ2v) is 13.4. The van der Waals surface area contributed by atoms with E-state index in [0.717, 1.165) is 17.9 Å². The van der Waals surface area contributed by atoms with Crippen molar-refractivity contribution in [2.45, 2.75) is 56.9 Å². The quantitative estimate of drug-likeness (QED) is 0.199. The minimum absolute atomic E-state index is 0.0359. The summed E-state index contributed by atoms with van der Waals surface area (Å²) in [6.07, 6.45) is 8.44. The SMILES string of the molecule is C=CC1=[N+](C)c2cccc(C3=C(Cl)C(=CC=C4N(C)c5ccccc5C4(C)C)CC3)c2C1(C)C.O=S(=O)([O-])C(F)(F)F. The van der Waals surface area contributed by atoms with E-state index in [0.29, 0.717) is 0 Å². The van der Waals surface area contributed by atoms with Crippen molar-refractivity contribution in [1.82, 2.24) is 0 Å². The monoisotopic (exact) mass is 618 g/mol. The van der Waals surface area contributed by atoms with Crippen LogP contribution in [0.5, 0.6) is 0 Å². The molecule has 1 aliphatic carbocycles. The fourth-order valence-electron chi connectivity index (χ4n) is 6.36. The fourth-order valence-corrected chi connectivity index (χ4v) is 6.71. The second kappa shape index (κ2) is 10.8. The highest BCUT2D eigenvalue weighted by Gasteiger charge is 2.45. The molecular weight excluding hydrogens is 585 g/mol. The van der Waals surface area contributed by atoms with Gasteiger partial charge in [0.05, 0.1) is 5.41 Å². The number of halogens is 4. The molecule has 10 heteroatoms. The predicted octanol–water partition coefficient (Wildman–Crippen LogP) is 7.91. The first-order chi connectivity index (χ1) is 19.4. The van der Waals surface area contributed by atoms with Gasteiger partial charge < -0.3 is 9.45 Å². The van der Waals surface area contributed by atoms with Gasteiger partial charge in [-0.15, -0.1) is 0 Å². The third-order valence-corrected chi connectivity index (χ3v) is 9.44. The van der Waals surface area contributed by atoms with Crippen LogP contribution in [0.3, 0.4) is 0 Å². The molecule has 0 atom stereocenters. The molecule has 0 N–H and O–H groups in total. The third kappa shape index (κ3) is 5.27. The average molecular weight is 619 g/mol. The molecule has 2 aromatic carbocycles. The Balaban J connectivity index is 0.000000446. The maximum atomic E-state index is 10.7. The average Bonchev–Trinajstić information content (AvgIpc) is 3.43. The van der Waals surface area contributed by atoms with E-state index in [1.165, 1.54) is 50.6 Å².